The van der Waals surface area contributed by atoms with Gasteiger partial charge in [0.2, 0.25) is 5.91 Å². The number of benzene rings is 1. The van der Waals surface area contributed by atoms with Gasteiger partial charge in [0.25, 0.3) is 0 Å². The Kier molecular flexibility index (Phi) is 4.57. The Morgan fingerprint density at radius 3 is 2.71 bits per heavy atom. The summed E-state index contributed by atoms with van der Waals surface area (Å²) in [5, 5.41) is 9.30. The van der Waals surface area contributed by atoms with Crippen LogP contribution < -0.4 is 9.47 Å². The lowest BCUT2D eigenvalue weighted by molar-refractivity contribution is -0.148. The Bertz CT molecular complexity index is 575. The zero-order chi connectivity index (χ0) is 15.6. The van der Waals surface area contributed by atoms with Gasteiger partial charge in [-0.1, -0.05) is 11.6 Å². The van der Waals surface area contributed by atoms with Crippen LogP contribution in [0.25, 0.3) is 0 Å². The van der Waals surface area contributed by atoms with Gasteiger partial charge in [0.05, 0.1) is 11.4 Å². The van der Waals surface area contributed by atoms with Crippen LogP contribution in [0.5, 0.6) is 11.5 Å². The van der Waals surface area contributed by atoms with Gasteiger partial charge >= 0.3 is 5.97 Å². The van der Waals surface area contributed by atoms with E-state index >= 15 is 0 Å². The van der Waals surface area contributed by atoms with Crippen LogP contribution in [-0.2, 0) is 16.0 Å². The number of rotatable bonds is 4. The molecule has 0 saturated heterocycles. The summed E-state index contributed by atoms with van der Waals surface area (Å²) in [7, 11) is 1.46. The van der Waals surface area contributed by atoms with E-state index in [-0.39, 0.29) is 12.3 Å². The van der Waals surface area contributed by atoms with Crippen LogP contribution >= 0.6 is 11.6 Å². The first-order valence-electron chi connectivity index (χ1n) is 6.46. The summed E-state index contributed by atoms with van der Waals surface area (Å²) in [5.74, 6) is -0.374. The van der Waals surface area contributed by atoms with E-state index in [9.17, 15) is 9.59 Å². The molecule has 1 heterocycles. The minimum Gasteiger partial charge on any atom is -0.486 e. The number of aliphatic carboxylic acids is 1. The van der Waals surface area contributed by atoms with E-state index < -0.39 is 12.0 Å². The number of hydrogen-bond acceptors (Lipinski definition) is 4. The number of carbonyl (C=O) groups is 2. The molecule has 1 aliphatic rings. The summed E-state index contributed by atoms with van der Waals surface area (Å²) in [5.41, 5.74) is 0.652. The van der Waals surface area contributed by atoms with Crippen LogP contribution in [-0.4, -0.2) is 48.2 Å². The molecule has 1 N–H and O–H groups in total. The summed E-state index contributed by atoms with van der Waals surface area (Å²) in [4.78, 5) is 24.2. The summed E-state index contributed by atoms with van der Waals surface area (Å²) < 4.78 is 10.8. The highest BCUT2D eigenvalue weighted by molar-refractivity contribution is 6.32. The number of likely N-dealkylation sites (N-methyl/N-ethyl adjacent to an activating group) is 1. The lowest BCUT2D eigenvalue weighted by atomic mass is 10.1. The standard InChI is InChI=1S/C14H16ClNO5/c1-8(14(18)19)16(2)12(17)7-9-5-10(15)13-11(6-9)20-3-4-21-13/h5-6,8H,3-4,7H2,1-2H3,(H,18,19). The Morgan fingerprint density at radius 2 is 2.05 bits per heavy atom. The van der Waals surface area contributed by atoms with Crippen LogP contribution in [0, 0.1) is 0 Å². The fourth-order valence-electron chi connectivity index (χ4n) is 1.95. The van der Waals surface area contributed by atoms with E-state index in [0.29, 0.717) is 35.3 Å². The zero-order valence-corrected chi connectivity index (χ0v) is 12.5. The van der Waals surface area contributed by atoms with E-state index in [1.807, 2.05) is 0 Å². The molecule has 1 amide bonds. The topological polar surface area (TPSA) is 76.1 Å². The van der Waals surface area contributed by atoms with E-state index in [1.165, 1.54) is 18.9 Å². The molecule has 1 atom stereocenters. The molecule has 0 spiro atoms. The monoisotopic (exact) mass is 313 g/mol. The zero-order valence-electron chi connectivity index (χ0n) is 11.8. The molecule has 0 fully saturated rings. The largest absolute Gasteiger partial charge is 0.486 e. The maximum Gasteiger partial charge on any atom is 0.326 e. The van der Waals surface area contributed by atoms with Gasteiger partial charge < -0.3 is 19.5 Å². The van der Waals surface area contributed by atoms with Crippen molar-refractivity contribution >= 4 is 23.5 Å². The maximum atomic E-state index is 12.1. The smallest absolute Gasteiger partial charge is 0.326 e. The summed E-state index contributed by atoms with van der Waals surface area (Å²) in [6, 6.07) is 2.44. The van der Waals surface area contributed by atoms with E-state index in [1.54, 1.807) is 12.1 Å². The van der Waals surface area contributed by atoms with E-state index in [0.717, 1.165) is 0 Å². The molecule has 1 aromatic carbocycles. The Balaban J connectivity index is 2.14. The molecule has 21 heavy (non-hydrogen) atoms. The average molecular weight is 314 g/mol. The molecular formula is C14H16ClNO5. The first-order valence-corrected chi connectivity index (χ1v) is 6.84. The first kappa shape index (κ1) is 15.4. The SMILES string of the molecule is CC(C(=O)O)N(C)C(=O)Cc1cc(Cl)c2c(c1)OCCO2. The van der Waals surface area contributed by atoms with Gasteiger partial charge in [-0.2, -0.15) is 0 Å². The summed E-state index contributed by atoms with van der Waals surface area (Å²) >= 11 is 6.10. The molecule has 7 heteroatoms. The second-order valence-electron chi connectivity index (χ2n) is 4.80. The molecule has 114 valence electrons. The van der Waals surface area contributed by atoms with Gasteiger partial charge in [-0.3, -0.25) is 4.79 Å². The molecule has 0 aromatic heterocycles. The van der Waals surface area contributed by atoms with E-state index in [4.69, 9.17) is 26.2 Å². The van der Waals surface area contributed by atoms with Crippen molar-refractivity contribution in [2.75, 3.05) is 20.3 Å². The van der Waals surface area contributed by atoms with Crippen molar-refractivity contribution < 1.29 is 24.2 Å². The molecule has 1 aliphatic heterocycles. The fraction of sp³-hybridized carbons (Fsp3) is 0.429. The molecule has 0 bridgehead atoms. The lowest BCUT2D eigenvalue weighted by Gasteiger charge is -2.23. The number of hydrogen-bond donors (Lipinski definition) is 1. The first-order chi connectivity index (χ1) is 9.90. The van der Waals surface area contributed by atoms with Crippen molar-refractivity contribution in [2.24, 2.45) is 0 Å². The van der Waals surface area contributed by atoms with Crippen molar-refractivity contribution in [3.8, 4) is 11.5 Å². The van der Waals surface area contributed by atoms with Crippen LogP contribution in [0.2, 0.25) is 5.02 Å². The predicted octanol–water partition coefficient (Wildman–Crippen LogP) is 1.59. The van der Waals surface area contributed by atoms with Crippen molar-refractivity contribution in [3.63, 3.8) is 0 Å². The van der Waals surface area contributed by atoms with Gasteiger partial charge in [0.15, 0.2) is 11.5 Å². The summed E-state index contributed by atoms with van der Waals surface area (Å²) in [6.07, 6.45) is 0.0461. The van der Waals surface area contributed by atoms with E-state index in [2.05, 4.69) is 0 Å². The van der Waals surface area contributed by atoms with Crippen molar-refractivity contribution in [2.45, 2.75) is 19.4 Å². The second kappa shape index (κ2) is 6.22. The quantitative estimate of drug-likeness (QED) is 0.913. The molecular weight excluding hydrogens is 298 g/mol. The highest BCUT2D eigenvalue weighted by Gasteiger charge is 2.23. The Labute approximate surface area is 127 Å². The molecule has 6 nitrogen and oxygen atoms in total. The number of carboxylic acids is 1. The van der Waals surface area contributed by atoms with Crippen molar-refractivity contribution in [3.05, 3.63) is 22.7 Å². The van der Waals surface area contributed by atoms with Gasteiger partial charge in [0, 0.05) is 7.05 Å². The minimum atomic E-state index is -1.05. The normalized spacial score (nSPS) is 14.4. The maximum absolute atomic E-state index is 12.1. The van der Waals surface area contributed by atoms with Crippen LogP contribution in [0.3, 0.4) is 0 Å². The number of ether oxygens (including phenoxy) is 2. The van der Waals surface area contributed by atoms with Crippen molar-refractivity contribution in [1.82, 2.24) is 4.90 Å². The number of amides is 1. The Morgan fingerprint density at radius 1 is 1.38 bits per heavy atom. The molecule has 1 aromatic rings. The Hall–Kier alpha value is -1.95. The summed E-state index contributed by atoms with van der Waals surface area (Å²) in [6.45, 7) is 2.32. The average Bonchev–Trinajstić information content (AvgIpc) is 2.45. The highest BCUT2D eigenvalue weighted by Crippen LogP contribution is 2.38. The highest BCUT2D eigenvalue weighted by atomic mass is 35.5. The second-order valence-corrected chi connectivity index (χ2v) is 5.20. The number of halogens is 1. The van der Waals surface area contributed by atoms with Crippen LogP contribution in [0.4, 0.5) is 0 Å². The van der Waals surface area contributed by atoms with Crippen molar-refractivity contribution in [1.29, 1.82) is 0 Å². The molecule has 0 aliphatic carbocycles. The third-order valence-electron chi connectivity index (χ3n) is 3.34. The predicted molar refractivity (Wildman–Crippen MR) is 76.0 cm³/mol. The number of fused-ring (bicyclic) bond motifs is 1. The lowest BCUT2D eigenvalue weighted by Crippen LogP contribution is -2.41. The number of carboxylic acid groups (broad SMARTS) is 1. The van der Waals surface area contributed by atoms with Gasteiger partial charge in [0.1, 0.15) is 19.3 Å². The van der Waals surface area contributed by atoms with Crippen LogP contribution in [0.1, 0.15) is 12.5 Å². The molecule has 1 unspecified atom stereocenters. The molecule has 2 rings (SSSR count). The van der Waals surface area contributed by atoms with Gasteiger partial charge in [-0.25, -0.2) is 4.79 Å². The number of nitrogens with zero attached hydrogens (tertiary/aromatic N) is 1. The number of carbonyl (C=O) groups excluding carboxylic acids is 1. The fourth-order valence-corrected chi connectivity index (χ4v) is 2.24. The third-order valence-corrected chi connectivity index (χ3v) is 3.62. The third kappa shape index (κ3) is 3.39. The minimum absolute atomic E-state index is 0.0461. The van der Waals surface area contributed by atoms with Crippen LogP contribution in [0.15, 0.2) is 12.1 Å². The van der Waals surface area contributed by atoms with Gasteiger partial charge in [-0.05, 0) is 24.6 Å². The van der Waals surface area contributed by atoms with Gasteiger partial charge in [-0.15, -0.1) is 0 Å². The molecule has 0 radical (unpaired) electrons. The molecule has 0 saturated carbocycles.